The Labute approximate surface area is 290 Å². The molecule has 0 radical (unpaired) electrons. The zero-order valence-electron chi connectivity index (χ0n) is 28.3. The number of amides is 2. The van der Waals surface area contributed by atoms with Crippen molar-refractivity contribution in [1.82, 2.24) is 0 Å². The molecule has 8 rings (SSSR count). The van der Waals surface area contributed by atoms with E-state index in [1.165, 1.54) is 51.4 Å². The van der Waals surface area contributed by atoms with Crippen molar-refractivity contribution in [2.45, 2.75) is 90.4 Å². The number of hydrogen-bond donors (Lipinski definition) is 0. The lowest BCUT2D eigenvalue weighted by atomic mass is 9.77. The van der Waals surface area contributed by atoms with Crippen LogP contribution in [0.3, 0.4) is 0 Å². The molecule has 0 spiro atoms. The van der Waals surface area contributed by atoms with Gasteiger partial charge in [-0.1, -0.05) is 88.1 Å². The fourth-order valence-corrected chi connectivity index (χ4v) is 9.66. The number of nitrogens with zero attached hydrogens (tertiary/aromatic N) is 2. The van der Waals surface area contributed by atoms with Crippen LogP contribution < -0.4 is 10.7 Å². The maximum absolute atomic E-state index is 15.9. The van der Waals surface area contributed by atoms with Crippen LogP contribution in [0.15, 0.2) is 76.0 Å². The Hall–Kier alpha value is -4.29. The third-order valence-electron chi connectivity index (χ3n) is 11.1. The minimum absolute atomic E-state index is 0.123. The Morgan fingerprint density at radius 3 is 2.22 bits per heavy atom. The quantitative estimate of drug-likeness (QED) is 0.147. The molecule has 4 nitrogen and oxygen atoms in total. The van der Waals surface area contributed by atoms with Gasteiger partial charge in [-0.05, 0) is 106 Å². The number of fused-ring (bicyclic) bond motifs is 5. The van der Waals surface area contributed by atoms with Gasteiger partial charge in [0.15, 0.2) is 0 Å². The Balaban J connectivity index is 1.08. The first-order valence-corrected chi connectivity index (χ1v) is 18.9. The van der Waals surface area contributed by atoms with Crippen molar-refractivity contribution in [2.75, 3.05) is 0 Å². The van der Waals surface area contributed by atoms with E-state index in [1.54, 1.807) is 17.4 Å². The molecule has 3 heterocycles. The van der Waals surface area contributed by atoms with Gasteiger partial charge in [-0.25, -0.2) is 14.4 Å². The molecule has 1 aliphatic carbocycles. The van der Waals surface area contributed by atoms with Gasteiger partial charge in [0.25, 0.3) is 11.8 Å². The molecule has 2 amide bonds. The molecular weight excluding hydrogens is 628 g/mol. The number of carbonyl (C=O) groups excluding carboxylic acids is 2. The molecule has 0 saturated heterocycles. The average Bonchev–Trinajstić information content (AvgIpc) is 3.83. The second-order valence-electron chi connectivity index (χ2n) is 14.1. The minimum Gasteiger partial charge on any atom is -0.272 e. The standard InChI is InChI=1S/C43H41FN2O2S/c1-3-5-6-7-25-8-10-26(11-9-25)29-16-18-33(37(44)21-29)36-24-49-43(32(36)4-2)28-14-12-27(13-15-28)35-20-31-23-39(48)45-41(31)34-19-17-30-22-38(47)46-42(30)40(34)35/h12-21,24-26H,3-11,22-23H2,1-2H3. The molecule has 49 heavy (non-hydrogen) atoms. The van der Waals surface area contributed by atoms with Gasteiger partial charge >= 0.3 is 0 Å². The summed E-state index contributed by atoms with van der Waals surface area (Å²) in [4.78, 5) is 34.5. The van der Waals surface area contributed by atoms with Crippen molar-refractivity contribution in [1.29, 1.82) is 0 Å². The van der Waals surface area contributed by atoms with Crippen LogP contribution in [0.5, 0.6) is 0 Å². The van der Waals surface area contributed by atoms with Crippen LogP contribution in [0.2, 0.25) is 0 Å². The Morgan fingerprint density at radius 2 is 1.49 bits per heavy atom. The van der Waals surface area contributed by atoms with Crippen LogP contribution in [0.25, 0.3) is 43.5 Å². The maximum Gasteiger partial charge on any atom is 0.250 e. The normalized spacial score (nSPS) is 18.4. The van der Waals surface area contributed by atoms with E-state index in [1.807, 2.05) is 24.3 Å². The summed E-state index contributed by atoms with van der Waals surface area (Å²) < 4.78 is 15.9. The van der Waals surface area contributed by atoms with Crippen molar-refractivity contribution >= 4 is 33.9 Å². The molecule has 6 heteroatoms. The highest BCUT2D eigenvalue weighted by molar-refractivity contribution is 7.14. The number of unbranched alkanes of at least 4 members (excludes halogenated alkanes) is 2. The van der Waals surface area contributed by atoms with Crippen molar-refractivity contribution in [3.05, 3.63) is 105 Å². The van der Waals surface area contributed by atoms with Crippen molar-refractivity contribution in [3.8, 4) is 32.7 Å². The van der Waals surface area contributed by atoms with Gasteiger partial charge < -0.3 is 0 Å². The first-order chi connectivity index (χ1) is 23.9. The lowest BCUT2D eigenvalue weighted by Crippen LogP contribution is -2.14. The minimum atomic E-state index is -0.149. The van der Waals surface area contributed by atoms with Crippen molar-refractivity contribution in [3.63, 3.8) is 0 Å². The van der Waals surface area contributed by atoms with Crippen LogP contribution in [-0.4, -0.2) is 11.8 Å². The highest BCUT2D eigenvalue weighted by Crippen LogP contribution is 2.43. The summed E-state index contributed by atoms with van der Waals surface area (Å²) in [6.45, 7) is 4.41. The zero-order chi connectivity index (χ0) is 33.6. The largest absolute Gasteiger partial charge is 0.272 e. The molecule has 5 aromatic rings. The Bertz CT molecular complexity index is 2240. The first kappa shape index (κ1) is 31.9. The molecule has 0 unspecified atom stereocenters. The van der Waals surface area contributed by atoms with E-state index in [4.69, 9.17) is 0 Å². The number of carbonyl (C=O) groups is 2. The van der Waals surface area contributed by atoms with Gasteiger partial charge in [-0.15, -0.1) is 11.3 Å². The van der Waals surface area contributed by atoms with Crippen molar-refractivity contribution < 1.29 is 14.0 Å². The zero-order valence-corrected chi connectivity index (χ0v) is 29.1. The van der Waals surface area contributed by atoms with Gasteiger partial charge in [-0.2, -0.15) is 0 Å². The Morgan fingerprint density at radius 1 is 0.755 bits per heavy atom. The smallest absolute Gasteiger partial charge is 0.250 e. The second kappa shape index (κ2) is 13.2. The summed E-state index contributed by atoms with van der Waals surface area (Å²) in [6, 6.07) is 20.4. The van der Waals surface area contributed by atoms with E-state index in [9.17, 15) is 9.59 Å². The molecule has 1 saturated carbocycles. The van der Waals surface area contributed by atoms with Gasteiger partial charge in [0.1, 0.15) is 5.82 Å². The van der Waals surface area contributed by atoms with E-state index < -0.39 is 0 Å². The molecular formula is C43H41FN2O2S. The SMILES string of the molecule is CCCCCC1CCC(c2ccc(-c3csc(-c4ccc(-c5cc6c(c7ccc8c(c57)=NC(=O)C8)=NC(=O)C6)cc4)c3CC)c(F)c2)CC1. The Kier molecular flexibility index (Phi) is 8.61. The van der Waals surface area contributed by atoms with Crippen LogP contribution in [0, 0.1) is 11.7 Å². The number of benzene rings is 4. The van der Waals surface area contributed by atoms with Crippen LogP contribution in [-0.2, 0) is 28.9 Å². The molecule has 0 atom stereocenters. The molecule has 0 bridgehead atoms. The molecule has 2 aliphatic heterocycles. The lowest BCUT2D eigenvalue weighted by Gasteiger charge is -2.29. The summed E-state index contributed by atoms with van der Waals surface area (Å²) in [7, 11) is 0. The number of rotatable bonds is 9. The van der Waals surface area contributed by atoms with E-state index in [2.05, 4.69) is 59.5 Å². The monoisotopic (exact) mass is 668 g/mol. The van der Waals surface area contributed by atoms with Gasteiger partial charge in [0, 0.05) is 21.2 Å². The maximum atomic E-state index is 15.9. The highest BCUT2D eigenvalue weighted by atomic mass is 32.1. The van der Waals surface area contributed by atoms with Crippen LogP contribution in [0.4, 0.5) is 4.39 Å². The third-order valence-corrected chi connectivity index (χ3v) is 12.2. The summed E-state index contributed by atoms with van der Waals surface area (Å²) in [5.74, 6) is 0.880. The lowest BCUT2D eigenvalue weighted by molar-refractivity contribution is -0.117. The number of thiophene rings is 1. The molecule has 1 fully saturated rings. The fourth-order valence-electron chi connectivity index (χ4n) is 8.49. The molecule has 3 aliphatic rings. The van der Waals surface area contributed by atoms with E-state index in [-0.39, 0.29) is 24.1 Å². The van der Waals surface area contributed by atoms with Crippen LogP contribution in [0.1, 0.15) is 93.4 Å². The van der Waals surface area contributed by atoms with Crippen molar-refractivity contribution in [2.24, 2.45) is 15.9 Å². The molecule has 0 N–H and O–H groups in total. The summed E-state index contributed by atoms with van der Waals surface area (Å²) in [5, 5.41) is 5.23. The summed E-state index contributed by atoms with van der Waals surface area (Å²) >= 11 is 1.67. The predicted molar refractivity (Wildman–Crippen MR) is 196 cm³/mol. The number of halogens is 1. The van der Waals surface area contributed by atoms with Gasteiger partial charge in [0.2, 0.25) is 0 Å². The van der Waals surface area contributed by atoms with Gasteiger partial charge in [0.05, 0.1) is 23.6 Å². The van der Waals surface area contributed by atoms with E-state index in [0.29, 0.717) is 28.6 Å². The van der Waals surface area contributed by atoms with Crippen LogP contribution >= 0.6 is 11.3 Å². The molecule has 248 valence electrons. The fraction of sp³-hybridized carbons (Fsp3) is 0.349. The number of hydrogen-bond acceptors (Lipinski definition) is 3. The van der Waals surface area contributed by atoms with E-state index in [0.717, 1.165) is 72.5 Å². The predicted octanol–water partition coefficient (Wildman–Crippen LogP) is 9.86. The first-order valence-electron chi connectivity index (χ1n) is 18.0. The third kappa shape index (κ3) is 5.88. The second-order valence-corrected chi connectivity index (χ2v) is 15.0. The summed E-state index contributed by atoms with van der Waals surface area (Å²) in [6.07, 6.45) is 11.5. The molecule has 1 aromatic heterocycles. The average molecular weight is 669 g/mol. The summed E-state index contributed by atoms with van der Waals surface area (Å²) in [5.41, 5.74) is 8.82. The molecule has 4 aromatic carbocycles. The van der Waals surface area contributed by atoms with E-state index >= 15 is 4.39 Å². The van der Waals surface area contributed by atoms with Gasteiger partial charge in [-0.3, -0.25) is 9.59 Å². The highest BCUT2D eigenvalue weighted by Gasteiger charge is 2.25. The topological polar surface area (TPSA) is 58.9 Å².